The summed E-state index contributed by atoms with van der Waals surface area (Å²) in [5.74, 6) is 0.922. The number of carboxylic acids is 1. The van der Waals surface area contributed by atoms with Gasteiger partial charge in [0.25, 0.3) is 0 Å². The second-order valence-electron chi connectivity index (χ2n) is 9.39. The maximum Gasteiger partial charge on any atom is 0.303 e. The molecular weight excluding hydrogens is 368 g/mol. The Hall–Kier alpha value is -0.790. The molecule has 30 heavy (non-hydrogen) atoms. The van der Waals surface area contributed by atoms with Crippen molar-refractivity contribution >= 4 is 5.97 Å². The average molecular weight is 423 g/mol. The molecule has 0 rings (SSSR count). The van der Waals surface area contributed by atoms with Crippen LogP contribution in [0, 0.1) is 11.8 Å². The maximum absolute atomic E-state index is 10.7. The third kappa shape index (κ3) is 19.2. The van der Waals surface area contributed by atoms with Crippen LogP contribution in [0.1, 0.15) is 149 Å². The minimum Gasteiger partial charge on any atom is -0.481 e. The van der Waals surface area contributed by atoms with E-state index in [2.05, 4.69) is 32.9 Å². The van der Waals surface area contributed by atoms with Gasteiger partial charge in [0.05, 0.1) is 0 Å². The number of allylic oxidation sites excluding steroid dienone is 2. The Labute approximate surface area is 189 Å². The molecule has 0 aliphatic rings. The van der Waals surface area contributed by atoms with Gasteiger partial charge in [-0.15, -0.1) is 0 Å². The predicted octanol–water partition coefficient (Wildman–Crippen LogP) is 9.72. The third-order valence-corrected chi connectivity index (χ3v) is 6.50. The molecule has 0 amide bonds. The van der Waals surface area contributed by atoms with E-state index in [1.54, 1.807) is 0 Å². The molecule has 2 unspecified atom stereocenters. The Balaban J connectivity index is 4.53. The fourth-order valence-corrected chi connectivity index (χ4v) is 4.51. The molecule has 178 valence electrons. The summed E-state index contributed by atoms with van der Waals surface area (Å²) in [5.41, 5.74) is 0. The van der Waals surface area contributed by atoms with Gasteiger partial charge in [0.2, 0.25) is 0 Å². The number of hydrogen-bond acceptors (Lipinski definition) is 1. The van der Waals surface area contributed by atoms with Crippen molar-refractivity contribution in [3.05, 3.63) is 12.2 Å². The number of carboxylic acid groups (broad SMARTS) is 1. The van der Waals surface area contributed by atoms with Crippen molar-refractivity contribution in [1.29, 1.82) is 0 Å². The number of aliphatic carboxylic acids is 1. The van der Waals surface area contributed by atoms with Gasteiger partial charge in [-0.1, -0.05) is 116 Å². The van der Waals surface area contributed by atoms with E-state index < -0.39 is 5.97 Å². The Kier molecular flexibility index (Phi) is 22.3. The smallest absolute Gasteiger partial charge is 0.303 e. The summed E-state index contributed by atoms with van der Waals surface area (Å²) in [6.45, 7) is 6.90. The van der Waals surface area contributed by atoms with E-state index in [0.29, 0.717) is 6.42 Å². The van der Waals surface area contributed by atoms with Gasteiger partial charge in [0.15, 0.2) is 0 Å². The second-order valence-corrected chi connectivity index (χ2v) is 9.39. The van der Waals surface area contributed by atoms with Crippen molar-refractivity contribution in [3.8, 4) is 0 Å². The summed E-state index contributed by atoms with van der Waals surface area (Å²) < 4.78 is 0. The van der Waals surface area contributed by atoms with Crippen molar-refractivity contribution in [1.82, 2.24) is 0 Å². The molecule has 0 aromatic rings. The van der Waals surface area contributed by atoms with Crippen LogP contribution in [-0.2, 0) is 4.79 Å². The molecule has 0 aliphatic carbocycles. The Morgan fingerprint density at radius 3 is 1.90 bits per heavy atom. The van der Waals surface area contributed by atoms with Crippen LogP contribution in [0.2, 0.25) is 0 Å². The first-order valence-electron chi connectivity index (χ1n) is 13.5. The summed E-state index contributed by atoms with van der Waals surface area (Å²) in [4.78, 5) is 10.7. The first kappa shape index (κ1) is 29.2. The number of hydrogen-bond donors (Lipinski definition) is 1. The lowest BCUT2D eigenvalue weighted by Gasteiger charge is -2.25. The Morgan fingerprint density at radius 2 is 1.20 bits per heavy atom. The Bertz CT molecular complexity index is 388. The number of carbonyl (C=O) groups is 1. The lowest BCUT2D eigenvalue weighted by atomic mass is 9.80. The molecule has 0 aliphatic heterocycles. The van der Waals surface area contributed by atoms with Crippen LogP contribution in [0.5, 0.6) is 0 Å². The highest BCUT2D eigenvalue weighted by molar-refractivity contribution is 5.66. The van der Waals surface area contributed by atoms with Crippen LogP contribution >= 0.6 is 0 Å². The molecule has 0 aromatic carbocycles. The van der Waals surface area contributed by atoms with Gasteiger partial charge >= 0.3 is 5.97 Å². The quantitative estimate of drug-likeness (QED) is 0.131. The van der Waals surface area contributed by atoms with Gasteiger partial charge in [-0.05, 0) is 50.4 Å². The Morgan fingerprint density at radius 1 is 0.667 bits per heavy atom. The van der Waals surface area contributed by atoms with E-state index in [1.165, 1.54) is 109 Å². The molecule has 2 atom stereocenters. The topological polar surface area (TPSA) is 37.3 Å². The summed E-state index contributed by atoms with van der Waals surface area (Å²) >= 11 is 0. The van der Waals surface area contributed by atoms with Gasteiger partial charge in [-0.25, -0.2) is 0 Å². The summed E-state index contributed by atoms with van der Waals surface area (Å²) in [5, 5.41) is 8.81. The molecule has 2 nitrogen and oxygen atoms in total. The van der Waals surface area contributed by atoms with Crippen LogP contribution in [0.3, 0.4) is 0 Å². The standard InChI is InChI=1S/C28H54O2/c1-4-7-10-11-12-13-14-18-23-27(24-19-15-16-20-25-28(29)30)26(21-9-6-3)22-17-8-5-2/h18,23,26-27H,4-17,19-22,24-25H2,1-3H3,(H,29,30). The molecule has 0 saturated carbocycles. The minimum absolute atomic E-state index is 0.331. The van der Waals surface area contributed by atoms with E-state index in [-0.39, 0.29) is 0 Å². The van der Waals surface area contributed by atoms with Gasteiger partial charge in [0, 0.05) is 6.42 Å². The van der Waals surface area contributed by atoms with Gasteiger partial charge in [-0.3, -0.25) is 4.79 Å². The van der Waals surface area contributed by atoms with E-state index in [0.717, 1.165) is 24.7 Å². The fraction of sp³-hybridized carbons (Fsp3) is 0.893. The van der Waals surface area contributed by atoms with Gasteiger partial charge in [0.1, 0.15) is 0 Å². The van der Waals surface area contributed by atoms with Crippen LogP contribution < -0.4 is 0 Å². The maximum atomic E-state index is 10.7. The van der Waals surface area contributed by atoms with Crippen LogP contribution in [-0.4, -0.2) is 11.1 Å². The lowest BCUT2D eigenvalue weighted by Crippen LogP contribution is -2.14. The van der Waals surface area contributed by atoms with Crippen LogP contribution in [0.4, 0.5) is 0 Å². The highest BCUT2D eigenvalue weighted by atomic mass is 16.4. The zero-order valence-corrected chi connectivity index (χ0v) is 20.8. The monoisotopic (exact) mass is 422 g/mol. The highest BCUT2D eigenvalue weighted by Crippen LogP contribution is 2.30. The van der Waals surface area contributed by atoms with Crippen molar-refractivity contribution in [2.24, 2.45) is 11.8 Å². The van der Waals surface area contributed by atoms with Crippen molar-refractivity contribution < 1.29 is 9.90 Å². The van der Waals surface area contributed by atoms with Crippen molar-refractivity contribution in [3.63, 3.8) is 0 Å². The van der Waals surface area contributed by atoms with E-state index >= 15 is 0 Å². The molecule has 0 bridgehead atoms. The molecule has 0 heterocycles. The lowest BCUT2D eigenvalue weighted by molar-refractivity contribution is -0.137. The zero-order chi connectivity index (χ0) is 22.3. The van der Waals surface area contributed by atoms with Gasteiger partial charge in [-0.2, -0.15) is 0 Å². The largest absolute Gasteiger partial charge is 0.481 e. The summed E-state index contributed by atoms with van der Waals surface area (Å²) in [7, 11) is 0. The normalized spacial score (nSPS) is 13.7. The summed E-state index contributed by atoms with van der Waals surface area (Å²) in [6, 6.07) is 0. The van der Waals surface area contributed by atoms with Crippen molar-refractivity contribution in [2.45, 2.75) is 149 Å². The molecule has 0 aromatic heterocycles. The molecular formula is C28H54O2. The molecule has 0 spiro atoms. The molecule has 0 radical (unpaired) electrons. The average Bonchev–Trinajstić information content (AvgIpc) is 2.73. The number of rotatable bonds is 23. The highest BCUT2D eigenvalue weighted by Gasteiger charge is 2.18. The van der Waals surface area contributed by atoms with E-state index in [1.807, 2.05) is 0 Å². The third-order valence-electron chi connectivity index (χ3n) is 6.50. The van der Waals surface area contributed by atoms with Crippen LogP contribution in [0.25, 0.3) is 0 Å². The zero-order valence-electron chi connectivity index (χ0n) is 20.8. The van der Waals surface area contributed by atoms with E-state index in [9.17, 15) is 4.79 Å². The first-order valence-corrected chi connectivity index (χ1v) is 13.5. The van der Waals surface area contributed by atoms with Crippen LogP contribution in [0.15, 0.2) is 12.2 Å². The van der Waals surface area contributed by atoms with E-state index in [4.69, 9.17) is 5.11 Å². The first-order chi connectivity index (χ1) is 14.7. The minimum atomic E-state index is -0.652. The second kappa shape index (κ2) is 22.9. The molecule has 0 fully saturated rings. The number of unbranched alkanes of at least 4 members (excludes halogenated alkanes) is 12. The molecule has 1 N–H and O–H groups in total. The predicted molar refractivity (Wildman–Crippen MR) is 133 cm³/mol. The van der Waals surface area contributed by atoms with Gasteiger partial charge < -0.3 is 5.11 Å². The molecule has 0 saturated heterocycles. The summed E-state index contributed by atoms with van der Waals surface area (Å²) in [6.07, 6.45) is 30.0. The molecule has 2 heteroatoms. The van der Waals surface area contributed by atoms with Crippen molar-refractivity contribution in [2.75, 3.05) is 0 Å². The SMILES string of the molecule is CCCCCCCCC=CC(CCCCCCC(=O)O)C(CCCC)CCCCC. The fourth-order valence-electron chi connectivity index (χ4n) is 4.51.